The number of carboxylic acids is 1. The van der Waals surface area contributed by atoms with Gasteiger partial charge in [-0.25, -0.2) is 0 Å². The monoisotopic (exact) mass is 851 g/mol. The van der Waals surface area contributed by atoms with Crippen LogP contribution in [0.4, 0.5) is 0 Å². The van der Waals surface area contributed by atoms with Crippen LogP contribution in [0.25, 0.3) is 0 Å². The summed E-state index contributed by atoms with van der Waals surface area (Å²) >= 11 is 0. The predicted molar refractivity (Wildman–Crippen MR) is 244 cm³/mol. The Morgan fingerprint density at radius 1 is 0.823 bits per heavy atom. The Hall–Kier alpha value is -1.91. The molecule has 1 heterocycles. The summed E-state index contributed by atoms with van der Waals surface area (Å²) < 4.78 is 12.6. The first kappa shape index (κ1) is 44.0. The molecule has 6 heteroatoms. The zero-order valence-electron chi connectivity index (χ0n) is 39.6. The van der Waals surface area contributed by atoms with E-state index in [1.807, 2.05) is 0 Å². The normalized spacial score (nSPS) is 50.4. The fourth-order valence-electron chi connectivity index (χ4n) is 19.8. The Morgan fingerprint density at radius 2 is 1.53 bits per heavy atom. The Kier molecular flexibility index (Phi) is 10.7. The summed E-state index contributed by atoms with van der Waals surface area (Å²) in [6.45, 7) is 13.1. The summed E-state index contributed by atoms with van der Waals surface area (Å²) in [5.41, 5.74) is 0.166. The molecule has 6 nitrogen and oxygen atoms in total. The van der Waals surface area contributed by atoms with Crippen LogP contribution in [0, 0.1) is 90.7 Å². The quantitative estimate of drug-likeness (QED) is 0.203. The average molecular weight is 851 g/mol. The molecule has 8 aliphatic carbocycles. The zero-order valence-corrected chi connectivity index (χ0v) is 39.6. The van der Waals surface area contributed by atoms with Crippen LogP contribution in [0.2, 0.25) is 0 Å². The molecule has 1 aromatic carbocycles. The average Bonchev–Trinajstić information content (AvgIpc) is 3.41. The van der Waals surface area contributed by atoms with Crippen molar-refractivity contribution >= 4 is 5.97 Å². The molecule has 4 bridgehead atoms. The highest BCUT2D eigenvalue weighted by atomic mass is 16.6. The smallest absolute Gasteiger partial charge is 0.309 e. The van der Waals surface area contributed by atoms with Crippen molar-refractivity contribution < 1.29 is 29.6 Å². The molecule has 342 valence electrons. The van der Waals surface area contributed by atoms with E-state index in [0.29, 0.717) is 30.8 Å². The number of methoxy groups -OCH3 is 1. The van der Waals surface area contributed by atoms with Gasteiger partial charge in [-0.1, -0.05) is 96.4 Å². The maximum atomic E-state index is 13.3. The Morgan fingerprint density at radius 3 is 2.26 bits per heavy atom. The van der Waals surface area contributed by atoms with Gasteiger partial charge in [0.2, 0.25) is 0 Å². The number of aliphatic hydroxyl groups is 2. The molecule has 9 aliphatic rings. The molecule has 2 spiro atoms. The van der Waals surface area contributed by atoms with E-state index in [4.69, 9.17) is 9.47 Å². The van der Waals surface area contributed by atoms with Gasteiger partial charge >= 0.3 is 5.97 Å². The second kappa shape index (κ2) is 15.1. The van der Waals surface area contributed by atoms with Gasteiger partial charge in [0.15, 0.2) is 5.79 Å². The zero-order chi connectivity index (χ0) is 43.6. The lowest BCUT2D eigenvalue weighted by Crippen LogP contribution is -2.82. The van der Waals surface area contributed by atoms with Gasteiger partial charge in [-0.2, -0.15) is 0 Å². The van der Waals surface area contributed by atoms with E-state index < -0.39 is 28.0 Å². The van der Waals surface area contributed by atoms with Crippen LogP contribution in [0.1, 0.15) is 181 Å². The number of carboxylic acid groups (broad SMARTS) is 1. The molecule has 7 saturated carbocycles. The van der Waals surface area contributed by atoms with Crippen LogP contribution in [-0.4, -0.2) is 53.5 Å². The number of carbonyl (C=O) groups is 1. The Labute approximate surface area is 374 Å². The minimum absolute atomic E-state index is 0.0332. The van der Waals surface area contributed by atoms with E-state index in [-0.39, 0.29) is 51.6 Å². The molecule has 62 heavy (non-hydrogen) atoms. The van der Waals surface area contributed by atoms with E-state index in [1.165, 1.54) is 68.9 Å². The molecule has 0 unspecified atom stereocenters. The fraction of sp³-hybridized carbons (Fsp3) is 0.839. The lowest BCUT2D eigenvalue weighted by Gasteiger charge is -2.85. The number of fused-ring (bicyclic) bond motifs is 2. The number of rotatable bonds is 10. The van der Waals surface area contributed by atoms with E-state index in [0.717, 1.165) is 89.4 Å². The van der Waals surface area contributed by atoms with Gasteiger partial charge in [0.25, 0.3) is 0 Å². The molecule has 0 radical (unpaired) electrons. The summed E-state index contributed by atoms with van der Waals surface area (Å²) in [4.78, 5) is 13.3. The molecular formula is C56H82O6. The number of aliphatic carboxylic acids is 1. The first-order valence-electron chi connectivity index (χ1n) is 25.9. The minimum Gasteiger partial charge on any atom is -0.481 e. The van der Waals surface area contributed by atoms with Crippen LogP contribution >= 0.6 is 0 Å². The number of hydrogen-bond donors (Lipinski definition) is 3. The Bertz CT molecular complexity index is 1950. The van der Waals surface area contributed by atoms with Gasteiger partial charge in [0, 0.05) is 42.1 Å². The SMILES string of the molecule is COCCc1ccc(C[C@@H]2O[C@@]3(O)C[C@@H]4CC[C@@H]5C[C@@]67CC[C@@H](CCC8CCCCC8)CC#C[C@@]8(CC[C@]2([C@@H]3C)[C@]4(CO)[C@]58C)[C@@]6(C)CC[C@]2(C)CC[C@@](C)(C(=O)O)C[C@H]27)cc1. The summed E-state index contributed by atoms with van der Waals surface area (Å²) in [5, 5.41) is 36.6. The van der Waals surface area contributed by atoms with Gasteiger partial charge < -0.3 is 24.8 Å². The van der Waals surface area contributed by atoms with Gasteiger partial charge in [0.1, 0.15) is 0 Å². The Balaban J connectivity index is 1.13. The van der Waals surface area contributed by atoms with Crippen molar-refractivity contribution in [2.75, 3.05) is 20.3 Å². The van der Waals surface area contributed by atoms with E-state index in [9.17, 15) is 20.1 Å². The van der Waals surface area contributed by atoms with Crippen LogP contribution in [0.15, 0.2) is 24.3 Å². The predicted octanol–water partition coefficient (Wildman–Crippen LogP) is 11.6. The largest absolute Gasteiger partial charge is 0.481 e. The van der Waals surface area contributed by atoms with Crippen LogP contribution in [0.3, 0.4) is 0 Å². The van der Waals surface area contributed by atoms with Crippen molar-refractivity contribution in [3.8, 4) is 11.8 Å². The van der Waals surface area contributed by atoms with E-state index in [1.54, 1.807) is 7.11 Å². The second-order valence-corrected chi connectivity index (χ2v) is 24.9. The molecule has 15 atom stereocenters. The highest BCUT2D eigenvalue weighted by Gasteiger charge is 2.89. The van der Waals surface area contributed by atoms with Crippen molar-refractivity contribution in [2.24, 2.45) is 78.8 Å². The van der Waals surface area contributed by atoms with Gasteiger partial charge in [-0.3, -0.25) is 4.79 Å². The van der Waals surface area contributed by atoms with Crippen molar-refractivity contribution in [2.45, 2.75) is 194 Å². The number of ether oxygens (including phenoxy) is 2. The first-order valence-corrected chi connectivity index (χ1v) is 25.9. The molecule has 3 N–H and O–H groups in total. The molecule has 10 rings (SSSR count). The molecule has 1 aromatic rings. The summed E-state index contributed by atoms with van der Waals surface area (Å²) in [6, 6.07) is 9.00. The van der Waals surface area contributed by atoms with E-state index >= 15 is 0 Å². The van der Waals surface area contributed by atoms with Crippen LogP contribution in [-0.2, 0) is 27.1 Å². The third-order valence-corrected chi connectivity index (χ3v) is 23.3. The fourth-order valence-corrected chi connectivity index (χ4v) is 19.8. The first-order chi connectivity index (χ1) is 29.6. The maximum Gasteiger partial charge on any atom is 0.309 e. The van der Waals surface area contributed by atoms with Gasteiger partial charge in [-0.05, 0) is 166 Å². The third kappa shape index (κ3) is 5.59. The van der Waals surface area contributed by atoms with Crippen molar-refractivity contribution in [1.29, 1.82) is 0 Å². The summed E-state index contributed by atoms with van der Waals surface area (Å²) in [5.74, 6) is 8.89. The number of benzene rings is 1. The molecule has 1 aliphatic heterocycles. The van der Waals surface area contributed by atoms with E-state index in [2.05, 4.69) is 70.7 Å². The summed E-state index contributed by atoms with van der Waals surface area (Å²) in [6.07, 6.45) is 24.7. The molecule has 8 fully saturated rings. The third-order valence-electron chi connectivity index (χ3n) is 23.3. The lowest BCUT2D eigenvalue weighted by molar-refractivity contribution is -0.378. The number of hydrogen-bond acceptors (Lipinski definition) is 5. The maximum absolute atomic E-state index is 13.3. The second-order valence-electron chi connectivity index (χ2n) is 24.9. The summed E-state index contributed by atoms with van der Waals surface area (Å²) in [7, 11) is 1.76. The van der Waals surface area contributed by atoms with Crippen LogP contribution in [0.5, 0.6) is 0 Å². The topological polar surface area (TPSA) is 96.2 Å². The van der Waals surface area contributed by atoms with Gasteiger partial charge in [0.05, 0.1) is 24.7 Å². The molecule has 1 saturated heterocycles. The van der Waals surface area contributed by atoms with Crippen molar-refractivity contribution in [3.63, 3.8) is 0 Å². The van der Waals surface area contributed by atoms with Gasteiger partial charge in [-0.15, -0.1) is 5.92 Å². The highest BCUT2D eigenvalue weighted by Crippen LogP contribution is 2.91. The molecular weight excluding hydrogens is 769 g/mol. The van der Waals surface area contributed by atoms with Crippen molar-refractivity contribution in [1.82, 2.24) is 0 Å². The minimum atomic E-state index is -1.21. The number of aliphatic hydroxyl groups excluding tert-OH is 1. The highest BCUT2D eigenvalue weighted by molar-refractivity contribution is 5.74. The lowest BCUT2D eigenvalue weighted by atomic mass is 9.18. The van der Waals surface area contributed by atoms with Crippen LogP contribution < -0.4 is 0 Å². The standard InChI is InChI=1S/C56H82O6/c1-38-54-31-30-53-24-10-13-40(15-14-39-11-8-7-9-12-39)22-25-52(45-36-49(3,47(58)59)27-26-48(45,2)28-29-50(52,53)4)34-43-20-21-44(55(54,37-57)51(43,53)5)35-56(38,60)62-46(54)33-42-18-16-41(17-19-42)23-32-61-6/h16-19,38-40,43-46,57,60H,7-9,11-15,20-23,25-37H2,1-6H3,(H,58,59)/t38-,40+,43+,44-,45+,46-,48-,49+,50-,51+,52+,53+,54+,55-,56-/m0/s1. The van der Waals surface area contributed by atoms with Crippen molar-refractivity contribution in [3.05, 3.63) is 35.4 Å². The molecule has 0 amide bonds. The molecule has 0 aromatic heterocycles.